The largest absolute Gasteiger partial charge is 0.497 e. The van der Waals surface area contributed by atoms with Gasteiger partial charge in [0.05, 0.1) is 13.4 Å². The fourth-order valence-electron chi connectivity index (χ4n) is 3.62. The van der Waals surface area contributed by atoms with Crippen molar-refractivity contribution in [3.05, 3.63) is 36.9 Å². The van der Waals surface area contributed by atoms with Crippen molar-refractivity contribution in [3.8, 4) is 5.75 Å². The Bertz CT molecular complexity index is 1150. The molecule has 0 radical (unpaired) electrons. The molecule has 1 fully saturated rings. The van der Waals surface area contributed by atoms with Gasteiger partial charge in [0.25, 0.3) is 0 Å². The molecule has 12 heteroatoms. The highest BCUT2D eigenvalue weighted by molar-refractivity contribution is 7.99. The minimum Gasteiger partial charge on any atom is -0.497 e. The summed E-state index contributed by atoms with van der Waals surface area (Å²) in [5.41, 5.74) is 6.71. The van der Waals surface area contributed by atoms with Crippen LogP contribution in [0.2, 0.25) is 0 Å². The van der Waals surface area contributed by atoms with Crippen molar-refractivity contribution in [1.29, 1.82) is 0 Å². The highest BCUT2D eigenvalue weighted by Crippen LogP contribution is 2.38. The first-order valence-electron chi connectivity index (χ1n) is 10.1. The Balaban J connectivity index is 1.64. The zero-order valence-corrected chi connectivity index (χ0v) is 19.0. The zero-order valence-electron chi connectivity index (χ0n) is 18.2. The minimum atomic E-state index is -0.915. The van der Waals surface area contributed by atoms with Gasteiger partial charge < -0.3 is 24.7 Å². The van der Waals surface area contributed by atoms with Crippen molar-refractivity contribution in [3.63, 3.8) is 0 Å². The zero-order chi connectivity index (χ0) is 23.5. The molecule has 0 saturated carbocycles. The molecular formula is C21H23N5O6S. The molecule has 33 heavy (non-hydrogen) atoms. The van der Waals surface area contributed by atoms with E-state index in [1.54, 1.807) is 11.7 Å². The third-order valence-electron chi connectivity index (χ3n) is 5.02. The summed E-state index contributed by atoms with van der Waals surface area (Å²) in [6, 6.07) is 7.55. The predicted molar refractivity (Wildman–Crippen MR) is 118 cm³/mol. The van der Waals surface area contributed by atoms with E-state index in [2.05, 4.69) is 15.0 Å². The van der Waals surface area contributed by atoms with E-state index in [9.17, 15) is 9.59 Å². The van der Waals surface area contributed by atoms with Gasteiger partial charge in [0.1, 0.15) is 23.7 Å². The number of fused-ring (bicyclic) bond motifs is 1. The summed E-state index contributed by atoms with van der Waals surface area (Å²) in [7, 11) is 1.60. The first kappa shape index (κ1) is 22.8. The van der Waals surface area contributed by atoms with Crippen LogP contribution in [0.15, 0.2) is 41.8 Å². The summed E-state index contributed by atoms with van der Waals surface area (Å²) < 4.78 is 24.2. The van der Waals surface area contributed by atoms with Gasteiger partial charge in [-0.2, -0.15) is 0 Å². The molecule has 3 aromatic rings. The van der Waals surface area contributed by atoms with Crippen molar-refractivity contribution in [2.45, 2.75) is 43.3 Å². The van der Waals surface area contributed by atoms with Gasteiger partial charge >= 0.3 is 11.9 Å². The number of benzene rings is 1. The highest BCUT2D eigenvalue weighted by Gasteiger charge is 2.50. The van der Waals surface area contributed by atoms with Crippen molar-refractivity contribution in [2.24, 2.45) is 0 Å². The van der Waals surface area contributed by atoms with Crippen LogP contribution in [0.5, 0.6) is 5.75 Å². The van der Waals surface area contributed by atoms with Crippen molar-refractivity contribution in [1.82, 2.24) is 19.5 Å². The van der Waals surface area contributed by atoms with E-state index in [1.807, 2.05) is 24.3 Å². The molecule has 2 N–H and O–H groups in total. The number of esters is 2. The number of hydrogen-bond donors (Lipinski definition) is 1. The van der Waals surface area contributed by atoms with E-state index in [0.717, 1.165) is 10.6 Å². The lowest BCUT2D eigenvalue weighted by Crippen LogP contribution is -2.39. The molecule has 2 aromatic heterocycles. The number of thioether (sulfide) groups is 1. The van der Waals surface area contributed by atoms with Crippen molar-refractivity contribution < 1.29 is 28.5 Å². The molecule has 1 aliphatic heterocycles. The third kappa shape index (κ3) is 4.86. The van der Waals surface area contributed by atoms with Crippen LogP contribution in [0, 0.1) is 0 Å². The summed E-state index contributed by atoms with van der Waals surface area (Å²) in [6.07, 6.45) is -0.362. The number of methoxy groups -OCH3 is 1. The Morgan fingerprint density at radius 2 is 1.79 bits per heavy atom. The van der Waals surface area contributed by atoms with Crippen LogP contribution in [0.3, 0.4) is 0 Å². The number of rotatable bonds is 7. The number of aromatic nitrogens is 4. The number of carbonyl (C=O) groups is 2. The predicted octanol–water partition coefficient (Wildman–Crippen LogP) is 1.97. The van der Waals surface area contributed by atoms with E-state index >= 15 is 0 Å². The smallest absolute Gasteiger partial charge is 0.303 e. The van der Waals surface area contributed by atoms with Crippen molar-refractivity contribution >= 4 is 40.7 Å². The molecule has 174 valence electrons. The Kier molecular flexibility index (Phi) is 6.65. The van der Waals surface area contributed by atoms with E-state index in [-0.39, 0.29) is 5.82 Å². The lowest BCUT2D eigenvalue weighted by atomic mass is 10.1. The lowest BCUT2D eigenvalue weighted by molar-refractivity contribution is -0.165. The van der Waals surface area contributed by atoms with Crippen LogP contribution in [0.25, 0.3) is 11.2 Å². The van der Waals surface area contributed by atoms with Crippen LogP contribution in [0.1, 0.15) is 20.1 Å². The van der Waals surface area contributed by atoms with Gasteiger partial charge in [-0.25, -0.2) is 15.0 Å². The maximum Gasteiger partial charge on any atom is 0.303 e. The average molecular weight is 474 g/mol. The van der Waals surface area contributed by atoms with E-state index in [4.69, 9.17) is 24.7 Å². The maximum atomic E-state index is 11.9. The molecule has 1 aliphatic rings. The van der Waals surface area contributed by atoms with Gasteiger partial charge in [-0.15, -0.1) is 11.8 Å². The monoisotopic (exact) mass is 473 g/mol. The molecule has 0 amide bonds. The molecule has 4 rings (SSSR count). The molecule has 0 aliphatic carbocycles. The third-order valence-corrected chi connectivity index (χ3v) is 6.13. The topological polar surface area (TPSA) is 141 Å². The number of nitrogens with zero attached hydrogens (tertiary/aromatic N) is 4. The highest BCUT2D eigenvalue weighted by atomic mass is 32.2. The quantitative estimate of drug-likeness (QED) is 0.398. The number of nitrogen functional groups attached to an aromatic ring is 1. The van der Waals surface area contributed by atoms with Gasteiger partial charge in [0.15, 0.2) is 29.9 Å². The number of carbonyl (C=O) groups excluding carboxylic acids is 2. The second-order valence-electron chi connectivity index (χ2n) is 7.28. The second kappa shape index (κ2) is 9.63. The fourth-order valence-corrected chi connectivity index (χ4v) is 4.58. The van der Waals surface area contributed by atoms with Gasteiger partial charge in [0.2, 0.25) is 0 Å². The molecule has 4 atom stereocenters. The van der Waals surface area contributed by atoms with Crippen molar-refractivity contribution in [2.75, 3.05) is 18.6 Å². The molecule has 11 nitrogen and oxygen atoms in total. The average Bonchev–Trinajstić information content (AvgIpc) is 3.35. The van der Waals surface area contributed by atoms with Gasteiger partial charge in [-0.1, -0.05) is 0 Å². The van der Waals surface area contributed by atoms with Gasteiger partial charge in [0, 0.05) is 24.5 Å². The Labute approximate surface area is 193 Å². The summed E-state index contributed by atoms with van der Waals surface area (Å²) in [5.74, 6) is 0.347. The molecule has 3 heterocycles. The maximum absolute atomic E-state index is 11.9. The van der Waals surface area contributed by atoms with Crippen LogP contribution < -0.4 is 10.5 Å². The van der Waals surface area contributed by atoms with Crippen LogP contribution >= 0.6 is 11.8 Å². The number of ether oxygens (including phenoxy) is 4. The standard InChI is InChI=1S/C21H23N5O6S/c1-11(27)30-17-15(8-33-14-6-4-13(29-3)5-7-14)32-21(18(17)31-12(2)28)26-10-25-16-19(22)23-9-24-20(16)26/h4-7,9-10,15,17-18,21H,8H2,1-3H3,(H2,22,23,24)/t15-,17-,18-,21-/m1/s1. The summed E-state index contributed by atoms with van der Waals surface area (Å²) in [4.78, 5) is 37.2. The summed E-state index contributed by atoms with van der Waals surface area (Å²) in [5, 5.41) is 0. The van der Waals surface area contributed by atoms with Crippen LogP contribution in [0.4, 0.5) is 5.82 Å². The van der Waals surface area contributed by atoms with E-state index in [1.165, 1.54) is 38.3 Å². The first-order valence-corrected chi connectivity index (χ1v) is 11.1. The SMILES string of the molecule is COc1ccc(SC[C@H]2O[C@@H](n3cnc4c(N)ncnc43)[C@H](OC(C)=O)[C@@H]2OC(C)=O)cc1. The number of imidazole rings is 1. The number of anilines is 1. The lowest BCUT2D eigenvalue weighted by Gasteiger charge is -2.23. The number of nitrogens with two attached hydrogens (primary N) is 1. The Hall–Kier alpha value is -3.38. The van der Waals surface area contributed by atoms with Gasteiger partial charge in [-0.3, -0.25) is 14.2 Å². The fraction of sp³-hybridized carbons (Fsp3) is 0.381. The second-order valence-corrected chi connectivity index (χ2v) is 8.38. The van der Waals surface area contributed by atoms with Crippen LogP contribution in [-0.2, 0) is 23.8 Å². The Morgan fingerprint density at radius 1 is 1.09 bits per heavy atom. The van der Waals surface area contributed by atoms with E-state index < -0.39 is 36.5 Å². The minimum absolute atomic E-state index is 0.212. The molecule has 1 aromatic carbocycles. The summed E-state index contributed by atoms with van der Waals surface area (Å²) in [6.45, 7) is 2.58. The normalized spacial score (nSPS) is 22.3. The van der Waals surface area contributed by atoms with Gasteiger partial charge in [-0.05, 0) is 24.3 Å². The molecule has 0 unspecified atom stereocenters. The molecular weight excluding hydrogens is 450 g/mol. The van der Waals surface area contributed by atoms with Crippen LogP contribution in [-0.4, -0.2) is 62.6 Å². The first-order chi connectivity index (χ1) is 15.9. The summed E-state index contributed by atoms with van der Waals surface area (Å²) >= 11 is 1.51. The molecule has 0 bridgehead atoms. The Morgan fingerprint density at radius 3 is 2.45 bits per heavy atom. The van der Waals surface area contributed by atoms with E-state index in [0.29, 0.717) is 16.9 Å². The molecule has 0 spiro atoms. The molecule has 1 saturated heterocycles. The number of hydrogen-bond acceptors (Lipinski definition) is 11.